The predicted molar refractivity (Wildman–Crippen MR) is 73.0 cm³/mol. The van der Waals surface area contributed by atoms with Crippen LogP contribution in [0.5, 0.6) is 5.75 Å². The van der Waals surface area contributed by atoms with E-state index in [-0.39, 0.29) is 23.9 Å². The molecule has 1 N–H and O–H groups in total. The Kier molecular flexibility index (Phi) is 4.73. The van der Waals surface area contributed by atoms with Crippen molar-refractivity contribution in [2.75, 3.05) is 7.11 Å². The fraction of sp³-hybridized carbons (Fsp3) is 0.200. The Bertz CT molecular complexity index is 674. The molecule has 0 saturated heterocycles. The number of carbonyl (C=O) groups excluding carboxylic acids is 1. The molecule has 2 rings (SSSR count). The topological polar surface area (TPSA) is 86.0 Å². The van der Waals surface area contributed by atoms with Gasteiger partial charge >= 0.3 is 5.97 Å². The summed E-state index contributed by atoms with van der Waals surface area (Å²) in [6.07, 6.45) is 0. The van der Waals surface area contributed by atoms with Crippen molar-refractivity contribution < 1.29 is 23.8 Å². The van der Waals surface area contributed by atoms with Gasteiger partial charge in [-0.15, -0.1) is 0 Å². The maximum atomic E-state index is 12.0. The number of benzene rings is 1. The van der Waals surface area contributed by atoms with Gasteiger partial charge in [0.25, 0.3) is 5.76 Å². The highest BCUT2D eigenvalue weighted by atomic mass is 16.5. The van der Waals surface area contributed by atoms with Crippen LogP contribution in [0, 0.1) is 0 Å². The predicted octanol–water partition coefficient (Wildman–Crippen LogP) is 1.50. The molecule has 21 heavy (non-hydrogen) atoms. The summed E-state index contributed by atoms with van der Waals surface area (Å²) in [7, 11) is 1.16. The fourth-order valence-electron chi connectivity index (χ4n) is 1.70. The van der Waals surface area contributed by atoms with Crippen LogP contribution in [0.25, 0.3) is 0 Å². The zero-order chi connectivity index (χ0) is 15.2. The molecule has 6 heteroatoms. The summed E-state index contributed by atoms with van der Waals surface area (Å²) in [6.45, 7) is -0.397. The number of ether oxygens (including phenoxy) is 2. The van der Waals surface area contributed by atoms with Crippen molar-refractivity contribution in [1.82, 2.24) is 0 Å². The van der Waals surface area contributed by atoms with Gasteiger partial charge in [-0.2, -0.15) is 0 Å². The molecule has 0 atom stereocenters. The van der Waals surface area contributed by atoms with Crippen LogP contribution in [0.2, 0.25) is 0 Å². The zero-order valence-corrected chi connectivity index (χ0v) is 11.4. The highest BCUT2D eigenvalue weighted by molar-refractivity contribution is 5.89. The lowest BCUT2D eigenvalue weighted by atomic mass is 10.2. The van der Waals surface area contributed by atoms with E-state index in [9.17, 15) is 9.59 Å². The molecule has 1 aromatic carbocycles. The van der Waals surface area contributed by atoms with Crippen LogP contribution in [-0.2, 0) is 18.0 Å². The molecule has 1 aromatic heterocycles. The first-order valence-corrected chi connectivity index (χ1v) is 6.18. The molecule has 0 amide bonds. The van der Waals surface area contributed by atoms with Gasteiger partial charge in [-0.3, -0.25) is 4.79 Å². The quantitative estimate of drug-likeness (QED) is 0.840. The number of carbonyl (C=O) groups is 1. The number of esters is 1. The van der Waals surface area contributed by atoms with E-state index in [1.807, 2.05) is 30.3 Å². The third-order valence-electron chi connectivity index (χ3n) is 2.71. The van der Waals surface area contributed by atoms with E-state index in [0.29, 0.717) is 0 Å². The molecular formula is C15H14O6. The van der Waals surface area contributed by atoms with Gasteiger partial charge in [-0.05, 0) is 5.56 Å². The molecule has 0 radical (unpaired) electrons. The number of rotatable bonds is 5. The summed E-state index contributed by atoms with van der Waals surface area (Å²) in [5.74, 6) is -1.47. The van der Waals surface area contributed by atoms with E-state index in [0.717, 1.165) is 18.7 Å². The monoisotopic (exact) mass is 290 g/mol. The zero-order valence-electron chi connectivity index (χ0n) is 11.4. The van der Waals surface area contributed by atoms with E-state index in [4.69, 9.17) is 14.3 Å². The van der Waals surface area contributed by atoms with Crippen molar-refractivity contribution in [2.45, 2.75) is 13.2 Å². The molecule has 110 valence electrons. The highest BCUT2D eigenvalue weighted by Gasteiger charge is 2.21. The minimum Gasteiger partial charge on any atom is -0.481 e. The maximum absolute atomic E-state index is 12.0. The average molecular weight is 290 g/mol. The van der Waals surface area contributed by atoms with Crippen LogP contribution in [-0.4, -0.2) is 18.2 Å². The summed E-state index contributed by atoms with van der Waals surface area (Å²) in [6, 6.07) is 10.2. The lowest BCUT2D eigenvalue weighted by Crippen LogP contribution is -2.15. The third-order valence-corrected chi connectivity index (χ3v) is 2.71. The maximum Gasteiger partial charge on any atom is 0.378 e. The number of methoxy groups -OCH3 is 1. The normalized spacial score (nSPS) is 10.2. The first-order valence-electron chi connectivity index (χ1n) is 6.18. The molecule has 0 aliphatic rings. The molecule has 0 spiro atoms. The van der Waals surface area contributed by atoms with Gasteiger partial charge in [0.15, 0.2) is 0 Å². The van der Waals surface area contributed by atoms with Gasteiger partial charge < -0.3 is 19.0 Å². The summed E-state index contributed by atoms with van der Waals surface area (Å²) < 4.78 is 15.1. The Morgan fingerprint density at radius 1 is 1.29 bits per heavy atom. The van der Waals surface area contributed by atoms with Crippen molar-refractivity contribution in [3.8, 4) is 5.75 Å². The highest BCUT2D eigenvalue weighted by Crippen LogP contribution is 2.18. The van der Waals surface area contributed by atoms with E-state index >= 15 is 0 Å². The number of aliphatic hydroxyl groups is 1. The standard InChI is InChI=1S/C15H14O6/c1-19-15(18)14-13(12(17)7-11(8-16)21-14)20-9-10-5-3-2-4-6-10/h2-7,16H,8-9H2,1H3. The fourth-order valence-corrected chi connectivity index (χ4v) is 1.70. The molecule has 1 heterocycles. The first kappa shape index (κ1) is 14.8. The van der Waals surface area contributed by atoms with Crippen molar-refractivity contribution in [1.29, 1.82) is 0 Å². The van der Waals surface area contributed by atoms with Gasteiger partial charge in [0, 0.05) is 6.07 Å². The van der Waals surface area contributed by atoms with Crippen molar-refractivity contribution in [3.63, 3.8) is 0 Å². The molecule has 6 nitrogen and oxygen atoms in total. The third kappa shape index (κ3) is 3.49. The second kappa shape index (κ2) is 6.71. The van der Waals surface area contributed by atoms with Crippen molar-refractivity contribution in [2.24, 2.45) is 0 Å². The second-order valence-electron chi connectivity index (χ2n) is 4.16. The summed E-state index contributed by atoms with van der Waals surface area (Å²) in [5, 5.41) is 9.01. The Hall–Kier alpha value is -2.60. The SMILES string of the molecule is COC(=O)c1oc(CO)cc(=O)c1OCc1ccccc1. The Morgan fingerprint density at radius 3 is 2.62 bits per heavy atom. The van der Waals surface area contributed by atoms with Crippen LogP contribution < -0.4 is 10.2 Å². The summed E-state index contributed by atoms with van der Waals surface area (Å²) >= 11 is 0. The van der Waals surface area contributed by atoms with Crippen LogP contribution in [0.4, 0.5) is 0 Å². The smallest absolute Gasteiger partial charge is 0.378 e. The second-order valence-corrected chi connectivity index (χ2v) is 4.16. The molecule has 2 aromatic rings. The van der Waals surface area contributed by atoms with Crippen molar-refractivity contribution >= 4 is 5.97 Å². The minimum absolute atomic E-state index is 0.0348. The van der Waals surface area contributed by atoms with Crippen LogP contribution >= 0.6 is 0 Å². The van der Waals surface area contributed by atoms with E-state index in [2.05, 4.69) is 4.74 Å². The van der Waals surface area contributed by atoms with Crippen LogP contribution in [0.1, 0.15) is 21.9 Å². The molecule has 0 bridgehead atoms. The minimum atomic E-state index is -0.842. The Balaban J connectivity index is 2.33. The molecule has 0 saturated carbocycles. The Labute approximate surface area is 120 Å². The van der Waals surface area contributed by atoms with Gasteiger partial charge in [-0.25, -0.2) is 4.79 Å². The molecule has 0 aliphatic heterocycles. The number of hydrogen-bond donors (Lipinski definition) is 1. The van der Waals surface area contributed by atoms with Gasteiger partial charge in [0.05, 0.1) is 7.11 Å². The van der Waals surface area contributed by atoms with Gasteiger partial charge in [0.2, 0.25) is 11.2 Å². The molecular weight excluding hydrogens is 276 g/mol. The number of aliphatic hydroxyl groups excluding tert-OH is 1. The van der Waals surface area contributed by atoms with Gasteiger partial charge in [-0.1, -0.05) is 30.3 Å². The molecule has 0 aliphatic carbocycles. The van der Waals surface area contributed by atoms with E-state index < -0.39 is 18.0 Å². The van der Waals surface area contributed by atoms with Gasteiger partial charge in [0.1, 0.15) is 19.0 Å². The average Bonchev–Trinajstić information content (AvgIpc) is 2.53. The van der Waals surface area contributed by atoms with Crippen LogP contribution in [0.3, 0.4) is 0 Å². The van der Waals surface area contributed by atoms with E-state index in [1.54, 1.807) is 0 Å². The lowest BCUT2D eigenvalue weighted by Gasteiger charge is -2.09. The lowest BCUT2D eigenvalue weighted by molar-refractivity contribution is 0.0546. The largest absolute Gasteiger partial charge is 0.481 e. The first-order chi connectivity index (χ1) is 10.2. The summed E-state index contributed by atoms with van der Waals surface area (Å²) in [5.41, 5.74) is 0.278. The summed E-state index contributed by atoms with van der Waals surface area (Å²) in [4.78, 5) is 23.6. The number of hydrogen-bond acceptors (Lipinski definition) is 6. The van der Waals surface area contributed by atoms with E-state index in [1.165, 1.54) is 0 Å². The van der Waals surface area contributed by atoms with Crippen molar-refractivity contribution in [3.05, 3.63) is 63.7 Å². The Morgan fingerprint density at radius 2 is 2.00 bits per heavy atom. The molecule has 0 fully saturated rings. The van der Waals surface area contributed by atoms with Crippen LogP contribution in [0.15, 0.2) is 45.6 Å². The molecule has 0 unspecified atom stereocenters.